The molecule has 0 aliphatic carbocycles. The van der Waals surface area contributed by atoms with E-state index in [-0.39, 0.29) is 5.56 Å². The van der Waals surface area contributed by atoms with Crippen molar-refractivity contribution in [3.63, 3.8) is 0 Å². The molecule has 3 aromatic rings. The van der Waals surface area contributed by atoms with Gasteiger partial charge in [-0.2, -0.15) is 0 Å². The highest BCUT2D eigenvalue weighted by Crippen LogP contribution is 2.14. The zero-order chi connectivity index (χ0) is 11.1. The Kier molecular flexibility index (Phi) is 1.73. The first-order chi connectivity index (χ1) is 7.77. The fourth-order valence-corrected chi connectivity index (χ4v) is 1.80. The zero-order valence-electron chi connectivity index (χ0n) is 8.71. The van der Waals surface area contributed by atoms with Crippen molar-refractivity contribution in [2.75, 3.05) is 0 Å². The molecule has 3 rings (SSSR count). The SMILES string of the molecule is Cn1ccc2ccn(-c3ncc[nH]3)c2c1=O. The quantitative estimate of drug-likeness (QED) is 0.658. The molecule has 0 amide bonds. The number of fused-ring (bicyclic) bond motifs is 1. The van der Waals surface area contributed by atoms with E-state index in [2.05, 4.69) is 9.97 Å². The number of aromatic nitrogens is 4. The molecule has 0 aliphatic heterocycles. The summed E-state index contributed by atoms with van der Waals surface area (Å²) in [5.74, 6) is 0.651. The summed E-state index contributed by atoms with van der Waals surface area (Å²) in [5.41, 5.74) is 0.610. The lowest BCUT2D eigenvalue weighted by molar-refractivity contribution is 0.861. The maximum absolute atomic E-state index is 12.0. The van der Waals surface area contributed by atoms with Crippen molar-refractivity contribution in [1.29, 1.82) is 0 Å². The molecule has 0 spiro atoms. The molecule has 3 heterocycles. The van der Waals surface area contributed by atoms with Gasteiger partial charge in [0.2, 0.25) is 5.95 Å². The minimum Gasteiger partial charge on any atom is -0.330 e. The van der Waals surface area contributed by atoms with Crippen molar-refractivity contribution in [3.8, 4) is 5.95 Å². The summed E-state index contributed by atoms with van der Waals surface area (Å²) in [5, 5.41) is 0.916. The number of rotatable bonds is 1. The van der Waals surface area contributed by atoms with E-state index in [0.717, 1.165) is 5.39 Å². The van der Waals surface area contributed by atoms with Gasteiger partial charge in [-0.1, -0.05) is 0 Å². The van der Waals surface area contributed by atoms with Crippen LogP contribution in [0.4, 0.5) is 0 Å². The summed E-state index contributed by atoms with van der Waals surface area (Å²) >= 11 is 0. The molecule has 5 nitrogen and oxygen atoms in total. The van der Waals surface area contributed by atoms with E-state index in [1.165, 1.54) is 0 Å². The first kappa shape index (κ1) is 8.96. The van der Waals surface area contributed by atoms with Crippen molar-refractivity contribution < 1.29 is 0 Å². The van der Waals surface area contributed by atoms with E-state index >= 15 is 0 Å². The van der Waals surface area contributed by atoms with Crippen LogP contribution in [0.3, 0.4) is 0 Å². The third-order valence-electron chi connectivity index (χ3n) is 2.63. The van der Waals surface area contributed by atoms with Crippen LogP contribution in [0.2, 0.25) is 0 Å². The topological polar surface area (TPSA) is 55.6 Å². The number of aromatic amines is 1. The van der Waals surface area contributed by atoms with Crippen molar-refractivity contribution in [3.05, 3.63) is 47.3 Å². The Bertz CT molecular complexity index is 690. The van der Waals surface area contributed by atoms with E-state index < -0.39 is 0 Å². The summed E-state index contributed by atoms with van der Waals surface area (Å²) in [6, 6.07) is 3.81. The molecule has 0 saturated heterocycles. The molecular formula is C11H10N4O. The third kappa shape index (κ3) is 1.11. The fourth-order valence-electron chi connectivity index (χ4n) is 1.80. The number of imidazole rings is 1. The van der Waals surface area contributed by atoms with Gasteiger partial charge >= 0.3 is 0 Å². The van der Waals surface area contributed by atoms with Gasteiger partial charge < -0.3 is 9.55 Å². The number of hydrogen-bond donors (Lipinski definition) is 1. The lowest BCUT2D eigenvalue weighted by Crippen LogP contribution is -2.18. The van der Waals surface area contributed by atoms with Crippen molar-refractivity contribution in [2.24, 2.45) is 7.05 Å². The van der Waals surface area contributed by atoms with Crippen LogP contribution in [0.1, 0.15) is 0 Å². The summed E-state index contributed by atoms with van der Waals surface area (Å²) < 4.78 is 3.32. The Morgan fingerprint density at radius 2 is 2.12 bits per heavy atom. The summed E-state index contributed by atoms with van der Waals surface area (Å²) in [4.78, 5) is 19.1. The minimum atomic E-state index is -0.0288. The van der Waals surface area contributed by atoms with Gasteiger partial charge in [-0.3, -0.25) is 9.36 Å². The normalized spacial score (nSPS) is 11.1. The van der Waals surface area contributed by atoms with Gasteiger partial charge in [-0.15, -0.1) is 0 Å². The standard InChI is InChI=1S/C11H10N4O/c1-14-6-2-8-3-7-15(9(8)10(14)16)11-12-4-5-13-11/h2-7H,1H3,(H,12,13). The molecule has 0 atom stereocenters. The minimum absolute atomic E-state index is 0.0288. The highest BCUT2D eigenvalue weighted by molar-refractivity contribution is 5.80. The Hall–Kier alpha value is -2.30. The maximum atomic E-state index is 12.0. The Morgan fingerprint density at radius 3 is 2.88 bits per heavy atom. The van der Waals surface area contributed by atoms with Crippen LogP contribution >= 0.6 is 0 Å². The van der Waals surface area contributed by atoms with E-state index in [4.69, 9.17) is 0 Å². The lowest BCUT2D eigenvalue weighted by atomic mass is 10.3. The van der Waals surface area contributed by atoms with Crippen LogP contribution in [-0.4, -0.2) is 19.1 Å². The average molecular weight is 214 g/mol. The second-order valence-corrected chi connectivity index (χ2v) is 3.63. The monoisotopic (exact) mass is 214 g/mol. The molecule has 3 aromatic heterocycles. The zero-order valence-corrected chi connectivity index (χ0v) is 8.71. The Balaban J connectivity index is 2.43. The second kappa shape index (κ2) is 3.10. The molecule has 0 unspecified atom stereocenters. The number of nitrogens with zero attached hydrogens (tertiary/aromatic N) is 3. The van der Waals surface area contributed by atoms with Gasteiger partial charge in [0, 0.05) is 37.2 Å². The van der Waals surface area contributed by atoms with E-state index in [0.29, 0.717) is 11.5 Å². The number of aryl methyl sites for hydroxylation is 1. The molecule has 0 bridgehead atoms. The largest absolute Gasteiger partial charge is 0.330 e. The maximum Gasteiger partial charge on any atom is 0.275 e. The van der Waals surface area contributed by atoms with E-state index in [1.807, 2.05) is 18.3 Å². The highest BCUT2D eigenvalue weighted by Gasteiger charge is 2.08. The van der Waals surface area contributed by atoms with Gasteiger partial charge in [0.1, 0.15) is 5.52 Å². The van der Waals surface area contributed by atoms with Crippen LogP contribution < -0.4 is 5.56 Å². The van der Waals surface area contributed by atoms with Gasteiger partial charge in [0.15, 0.2) is 0 Å². The Labute approximate surface area is 91.0 Å². The molecule has 80 valence electrons. The van der Waals surface area contributed by atoms with Gasteiger partial charge in [0.25, 0.3) is 5.56 Å². The first-order valence-corrected chi connectivity index (χ1v) is 4.94. The molecule has 0 aliphatic rings. The highest BCUT2D eigenvalue weighted by atomic mass is 16.1. The van der Waals surface area contributed by atoms with Crippen LogP contribution in [-0.2, 0) is 7.05 Å². The smallest absolute Gasteiger partial charge is 0.275 e. The number of H-pyrrole nitrogens is 1. The predicted octanol–water partition coefficient (Wildman–Crippen LogP) is 1.05. The van der Waals surface area contributed by atoms with E-state index in [9.17, 15) is 4.79 Å². The second-order valence-electron chi connectivity index (χ2n) is 3.63. The molecule has 0 radical (unpaired) electrons. The summed E-state index contributed by atoms with van der Waals surface area (Å²) in [6.07, 6.45) is 6.99. The van der Waals surface area contributed by atoms with Gasteiger partial charge in [0.05, 0.1) is 0 Å². The fraction of sp³-hybridized carbons (Fsp3) is 0.0909. The van der Waals surface area contributed by atoms with Crippen molar-refractivity contribution in [1.82, 2.24) is 19.1 Å². The average Bonchev–Trinajstić information content (AvgIpc) is 2.91. The number of pyridine rings is 1. The number of nitrogens with one attached hydrogen (secondary N) is 1. The van der Waals surface area contributed by atoms with Crippen LogP contribution in [0.25, 0.3) is 16.9 Å². The summed E-state index contributed by atoms with van der Waals surface area (Å²) in [7, 11) is 1.74. The van der Waals surface area contributed by atoms with Crippen LogP contribution in [0.5, 0.6) is 0 Å². The molecule has 0 aromatic carbocycles. The first-order valence-electron chi connectivity index (χ1n) is 4.94. The number of hydrogen-bond acceptors (Lipinski definition) is 2. The molecular weight excluding hydrogens is 204 g/mol. The van der Waals surface area contributed by atoms with Crippen LogP contribution in [0, 0.1) is 0 Å². The molecule has 0 fully saturated rings. The van der Waals surface area contributed by atoms with Crippen molar-refractivity contribution in [2.45, 2.75) is 0 Å². The predicted molar refractivity (Wildman–Crippen MR) is 60.7 cm³/mol. The Morgan fingerprint density at radius 1 is 1.31 bits per heavy atom. The van der Waals surface area contributed by atoms with Crippen molar-refractivity contribution >= 4 is 10.9 Å². The van der Waals surface area contributed by atoms with Gasteiger partial charge in [-0.05, 0) is 12.1 Å². The molecule has 5 heteroatoms. The van der Waals surface area contributed by atoms with Crippen LogP contribution in [0.15, 0.2) is 41.7 Å². The van der Waals surface area contributed by atoms with E-state index in [1.54, 1.807) is 34.8 Å². The lowest BCUT2D eigenvalue weighted by Gasteiger charge is -2.01. The molecule has 1 N–H and O–H groups in total. The third-order valence-corrected chi connectivity index (χ3v) is 2.63. The molecule has 0 saturated carbocycles. The van der Waals surface area contributed by atoms with Gasteiger partial charge in [-0.25, -0.2) is 4.98 Å². The molecule has 16 heavy (non-hydrogen) atoms. The summed E-state index contributed by atoms with van der Waals surface area (Å²) in [6.45, 7) is 0.